The van der Waals surface area contributed by atoms with E-state index in [1.165, 1.54) is 77.0 Å². The van der Waals surface area contributed by atoms with Gasteiger partial charge in [-0.1, -0.05) is 153 Å². The molecule has 0 aromatic carbocycles. The van der Waals surface area contributed by atoms with Crippen LogP contribution < -0.4 is 5.32 Å². The number of aliphatic hydroxyl groups is 4. The van der Waals surface area contributed by atoms with Crippen LogP contribution in [0.5, 0.6) is 0 Å². The van der Waals surface area contributed by atoms with Gasteiger partial charge < -0.3 is 44.8 Å². The highest BCUT2D eigenvalue weighted by molar-refractivity contribution is 7.47. The van der Waals surface area contributed by atoms with Crippen molar-refractivity contribution in [2.24, 2.45) is 0 Å². The van der Waals surface area contributed by atoms with Crippen molar-refractivity contribution in [2.75, 3.05) is 39.5 Å². The number of aliphatic hydroxyl groups excluding tert-OH is 3. The third-order valence-electron chi connectivity index (χ3n) is 10.8. The quantitative estimate of drug-likeness (QED) is 0.0147. The van der Waals surface area contributed by atoms with E-state index in [0.29, 0.717) is 12.8 Å². The van der Waals surface area contributed by atoms with Gasteiger partial charge in [-0.2, -0.15) is 0 Å². The normalized spacial score (nSPS) is 20.9. The average molecular weight is 904 g/mol. The van der Waals surface area contributed by atoms with Gasteiger partial charge in [-0.25, -0.2) is 4.57 Å². The molecule has 362 valence electrons. The van der Waals surface area contributed by atoms with Crippen LogP contribution in [0, 0.1) is 0 Å². The Balaban J connectivity index is 2.43. The van der Waals surface area contributed by atoms with Crippen LogP contribution in [0.2, 0.25) is 0 Å². The number of carbonyl (C=O) groups excluding carboxylic acids is 2. The standard InChI is InChI=1S/C47H86NO13P/c1-3-5-7-9-11-13-15-17-18-19-20-22-24-26-28-30-32-34-44(51)61-41(37-57-43(50)33-31-29-27-25-23-21-16-14-12-10-8-6-4-2)38-60-62(55,56)59-36-35-48-40-47(54)46(53)45(52)42(49)39-58-47/h11,13,17-18,20,22,41-42,45-46,48-49,52-54H,3-10,12,14-16,19,21,23-40H2,1-2H3,(H,55,56)/b13-11-,18-17-,22-20-/t41-,42-,45-,46+,47-/m1/s1. The second kappa shape index (κ2) is 38.3. The molecular weight excluding hydrogens is 817 g/mol. The van der Waals surface area contributed by atoms with Crippen LogP contribution in [-0.4, -0.2) is 107 Å². The fourth-order valence-corrected chi connectivity index (χ4v) is 7.59. The minimum Gasteiger partial charge on any atom is -0.462 e. The van der Waals surface area contributed by atoms with Crippen molar-refractivity contribution in [3.8, 4) is 0 Å². The van der Waals surface area contributed by atoms with E-state index in [1.54, 1.807) is 0 Å². The molecule has 1 saturated heterocycles. The largest absolute Gasteiger partial charge is 0.472 e. The summed E-state index contributed by atoms with van der Waals surface area (Å²) < 4.78 is 38.7. The second-order valence-electron chi connectivity index (χ2n) is 16.6. The van der Waals surface area contributed by atoms with E-state index in [4.69, 9.17) is 23.3 Å². The topological polar surface area (TPSA) is 211 Å². The zero-order valence-electron chi connectivity index (χ0n) is 38.4. The van der Waals surface area contributed by atoms with E-state index in [2.05, 4.69) is 55.6 Å². The number of carbonyl (C=O) groups is 2. The van der Waals surface area contributed by atoms with Gasteiger partial charge in [-0.3, -0.25) is 18.6 Å². The van der Waals surface area contributed by atoms with Crippen molar-refractivity contribution in [3.63, 3.8) is 0 Å². The van der Waals surface area contributed by atoms with E-state index in [-0.39, 0.29) is 39.1 Å². The molecule has 6 N–H and O–H groups in total. The maximum atomic E-state index is 12.8. The molecule has 1 aliphatic rings. The smallest absolute Gasteiger partial charge is 0.462 e. The van der Waals surface area contributed by atoms with Gasteiger partial charge >= 0.3 is 19.8 Å². The number of allylic oxidation sites excluding steroid dienone is 6. The minimum absolute atomic E-state index is 0.0921. The number of phosphoric acid groups is 1. The monoisotopic (exact) mass is 904 g/mol. The van der Waals surface area contributed by atoms with Crippen LogP contribution in [-0.2, 0) is 37.4 Å². The molecule has 0 aromatic rings. The van der Waals surface area contributed by atoms with Crippen LogP contribution >= 0.6 is 7.82 Å². The lowest BCUT2D eigenvalue weighted by Crippen LogP contribution is -2.64. The minimum atomic E-state index is -4.66. The molecule has 6 atom stereocenters. The molecule has 0 aliphatic carbocycles. The first kappa shape index (κ1) is 58.0. The van der Waals surface area contributed by atoms with Gasteiger partial charge in [0, 0.05) is 19.4 Å². The molecule has 1 aliphatic heterocycles. The number of nitrogens with one attached hydrogen (secondary N) is 1. The molecule has 0 bridgehead atoms. The van der Waals surface area contributed by atoms with Crippen molar-refractivity contribution >= 4 is 19.8 Å². The molecule has 1 heterocycles. The summed E-state index contributed by atoms with van der Waals surface area (Å²) in [4.78, 5) is 35.6. The summed E-state index contributed by atoms with van der Waals surface area (Å²) in [5, 5.41) is 42.6. The first-order valence-electron chi connectivity index (χ1n) is 24.0. The van der Waals surface area contributed by atoms with Gasteiger partial charge in [-0.05, 0) is 51.4 Å². The molecule has 0 amide bonds. The SMILES string of the molecule is CCCCC/C=C\C/C=C\C/C=C\CCCCCCC(=O)O[C@H](COC(=O)CCCCCCCCCCCCCCC)COP(=O)(O)OCCNC[C@@]1(O)OC[C@@H](O)[C@@H](O)[C@@H]1O. The van der Waals surface area contributed by atoms with Crippen molar-refractivity contribution in [1.82, 2.24) is 5.32 Å². The van der Waals surface area contributed by atoms with Gasteiger partial charge in [-0.15, -0.1) is 0 Å². The Morgan fingerprint density at radius 2 is 1.18 bits per heavy atom. The number of rotatable bonds is 41. The second-order valence-corrected chi connectivity index (χ2v) is 18.0. The van der Waals surface area contributed by atoms with E-state index < -0.39 is 63.2 Å². The van der Waals surface area contributed by atoms with Gasteiger partial charge in [0.2, 0.25) is 5.79 Å². The van der Waals surface area contributed by atoms with E-state index in [9.17, 15) is 39.5 Å². The van der Waals surface area contributed by atoms with E-state index in [1.807, 2.05) is 0 Å². The molecule has 0 saturated carbocycles. The van der Waals surface area contributed by atoms with Crippen LogP contribution in [0.3, 0.4) is 0 Å². The number of unbranched alkanes of at least 4 members (excludes halogenated alkanes) is 19. The highest BCUT2D eigenvalue weighted by atomic mass is 31.2. The summed E-state index contributed by atoms with van der Waals surface area (Å²) in [5.41, 5.74) is 0. The molecular formula is C47H86NO13P. The zero-order chi connectivity index (χ0) is 45.6. The lowest BCUT2D eigenvalue weighted by Gasteiger charge is -2.41. The van der Waals surface area contributed by atoms with Gasteiger partial charge in [0.25, 0.3) is 0 Å². The Morgan fingerprint density at radius 3 is 1.76 bits per heavy atom. The molecule has 0 aromatic heterocycles. The summed E-state index contributed by atoms with van der Waals surface area (Å²) in [6.45, 7) is 2.30. The highest BCUT2D eigenvalue weighted by Crippen LogP contribution is 2.43. The Kier molecular flexibility index (Phi) is 35.9. The molecule has 0 radical (unpaired) electrons. The Morgan fingerprint density at radius 1 is 0.694 bits per heavy atom. The zero-order valence-corrected chi connectivity index (χ0v) is 39.2. The van der Waals surface area contributed by atoms with Gasteiger partial charge in [0.15, 0.2) is 6.10 Å². The predicted molar refractivity (Wildman–Crippen MR) is 243 cm³/mol. The molecule has 14 nitrogen and oxygen atoms in total. The molecule has 62 heavy (non-hydrogen) atoms. The van der Waals surface area contributed by atoms with Gasteiger partial charge in [0.05, 0.1) is 26.4 Å². The lowest BCUT2D eigenvalue weighted by atomic mass is 9.97. The van der Waals surface area contributed by atoms with Crippen molar-refractivity contribution in [3.05, 3.63) is 36.5 Å². The Hall–Kier alpha value is -1.97. The third-order valence-corrected chi connectivity index (χ3v) is 11.7. The fourth-order valence-electron chi connectivity index (χ4n) is 6.84. The van der Waals surface area contributed by atoms with Crippen LogP contribution in [0.15, 0.2) is 36.5 Å². The average Bonchev–Trinajstić information content (AvgIpc) is 3.25. The van der Waals surface area contributed by atoms with Crippen molar-refractivity contribution in [1.29, 1.82) is 0 Å². The van der Waals surface area contributed by atoms with E-state index in [0.717, 1.165) is 64.2 Å². The molecule has 1 fully saturated rings. The first-order chi connectivity index (χ1) is 29.9. The summed E-state index contributed by atoms with van der Waals surface area (Å²) in [6, 6.07) is 0. The summed E-state index contributed by atoms with van der Waals surface area (Å²) in [5.74, 6) is -3.18. The van der Waals surface area contributed by atoms with Crippen molar-refractivity contribution < 1.29 is 62.7 Å². The molecule has 1 rings (SSSR count). The summed E-state index contributed by atoms with van der Waals surface area (Å²) in [6.07, 6.45) is 34.3. The summed E-state index contributed by atoms with van der Waals surface area (Å²) in [7, 11) is -4.66. The number of hydrogen-bond donors (Lipinski definition) is 6. The number of ether oxygens (including phenoxy) is 3. The highest BCUT2D eigenvalue weighted by Gasteiger charge is 2.48. The fraction of sp³-hybridized carbons (Fsp3) is 0.830. The molecule has 15 heteroatoms. The Labute approximate surface area is 373 Å². The first-order valence-corrected chi connectivity index (χ1v) is 25.5. The maximum absolute atomic E-state index is 12.8. The molecule has 0 spiro atoms. The number of hydrogen-bond acceptors (Lipinski definition) is 13. The van der Waals surface area contributed by atoms with Crippen molar-refractivity contribution in [2.45, 2.75) is 211 Å². The predicted octanol–water partition coefficient (Wildman–Crippen LogP) is 8.82. The molecule has 1 unspecified atom stereocenters. The Bertz CT molecular complexity index is 1250. The van der Waals surface area contributed by atoms with Crippen LogP contribution in [0.25, 0.3) is 0 Å². The van der Waals surface area contributed by atoms with Gasteiger partial charge in [0.1, 0.15) is 24.9 Å². The maximum Gasteiger partial charge on any atom is 0.472 e. The van der Waals surface area contributed by atoms with Crippen LogP contribution in [0.1, 0.15) is 181 Å². The van der Waals surface area contributed by atoms with Crippen LogP contribution in [0.4, 0.5) is 0 Å². The lowest BCUT2D eigenvalue weighted by molar-refractivity contribution is -0.317. The van der Waals surface area contributed by atoms with E-state index >= 15 is 0 Å². The number of phosphoric ester groups is 1. The number of esters is 2. The summed E-state index contributed by atoms with van der Waals surface area (Å²) >= 11 is 0. The third kappa shape index (κ3) is 31.8.